The zero-order valence-electron chi connectivity index (χ0n) is 22.3. The van der Waals surface area contributed by atoms with Crippen LogP contribution in [0.15, 0.2) is 48.5 Å². The first-order chi connectivity index (χ1) is 17.7. The Labute approximate surface area is 212 Å². The molecule has 0 saturated carbocycles. The van der Waals surface area contributed by atoms with Crippen molar-refractivity contribution in [1.82, 2.24) is 19.9 Å². The molecule has 4 aromatic heterocycles. The van der Waals surface area contributed by atoms with E-state index in [4.69, 9.17) is 0 Å². The minimum absolute atomic E-state index is 1.05. The molecule has 0 amide bonds. The number of nitrogens with one attached hydrogen (secondary N) is 4. The van der Waals surface area contributed by atoms with Crippen LogP contribution in [0, 0.1) is 21.4 Å². The van der Waals surface area contributed by atoms with Crippen molar-refractivity contribution in [3.8, 4) is 0 Å². The molecule has 0 spiro atoms. The summed E-state index contributed by atoms with van der Waals surface area (Å²) >= 11 is 0. The van der Waals surface area contributed by atoms with E-state index >= 15 is 0 Å². The molecule has 0 aromatic carbocycles. The van der Waals surface area contributed by atoms with Gasteiger partial charge in [0.1, 0.15) is 0 Å². The molecule has 5 heterocycles. The summed E-state index contributed by atoms with van der Waals surface area (Å²) in [5.41, 5.74) is 5.67. The summed E-state index contributed by atoms with van der Waals surface area (Å²) in [5, 5.41) is 9.51. The molecule has 1 aliphatic rings. The maximum absolute atomic E-state index is 3.77. The van der Waals surface area contributed by atoms with Crippen molar-refractivity contribution in [3.05, 3.63) is 91.3 Å². The Morgan fingerprint density at radius 3 is 0.722 bits per heavy atom. The number of rotatable bonds is 8. The third-order valence-electron chi connectivity index (χ3n) is 7.35. The van der Waals surface area contributed by atoms with Crippen molar-refractivity contribution in [2.75, 3.05) is 0 Å². The zero-order chi connectivity index (χ0) is 25.1. The molecule has 0 atom stereocenters. The van der Waals surface area contributed by atoms with Crippen LogP contribution >= 0.6 is 0 Å². The van der Waals surface area contributed by atoms with Gasteiger partial charge >= 0.3 is 0 Å². The molecule has 4 heteroatoms. The molecule has 36 heavy (non-hydrogen) atoms. The molecule has 188 valence electrons. The van der Waals surface area contributed by atoms with E-state index in [2.05, 4.69) is 96.2 Å². The number of hydrogen-bond acceptors (Lipinski definition) is 0. The maximum Gasteiger partial charge on any atom is 0.0624 e. The zero-order valence-corrected chi connectivity index (χ0v) is 22.3. The molecule has 4 nitrogen and oxygen atoms in total. The number of H-pyrrole nitrogens is 4. The number of hydrogen-bond donors (Lipinski definition) is 4. The summed E-state index contributed by atoms with van der Waals surface area (Å²) in [5.74, 6) is 0. The van der Waals surface area contributed by atoms with E-state index < -0.39 is 0 Å². The van der Waals surface area contributed by atoms with Crippen LogP contribution in [0.2, 0.25) is 0 Å². The minimum Gasteiger partial charge on any atom is -0.354 e. The molecule has 0 radical (unpaired) electrons. The topological polar surface area (TPSA) is 63.2 Å². The summed E-state index contributed by atoms with van der Waals surface area (Å²) in [7, 11) is 0. The Kier molecular flexibility index (Phi) is 7.22. The molecule has 5 rings (SSSR count). The quantitative estimate of drug-likeness (QED) is 0.272. The maximum atomic E-state index is 3.77. The first-order valence-electron chi connectivity index (χ1n) is 13.9. The van der Waals surface area contributed by atoms with Crippen LogP contribution in [0.25, 0.3) is 22.3 Å². The fraction of sp³-hybridized carbons (Fsp3) is 0.375. The van der Waals surface area contributed by atoms with E-state index in [-0.39, 0.29) is 0 Å². The average Bonchev–Trinajstić information content (AvgIpc) is 3.68. The second-order valence-corrected chi connectivity index (χ2v) is 10.1. The number of aromatic amines is 4. The van der Waals surface area contributed by atoms with Gasteiger partial charge in [0.25, 0.3) is 0 Å². The molecule has 1 aliphatic heterocycles. The van der Waals surface area contributed by atoms with Crippen LogP contribution in [0.3, 0.4) is 0 Å². The van der Waals surface area contributed by atoms with Gasteiger partial charge in [0.05, 0.1) is 21.4 Å². The summed E-state index contributed by atoms with van der Waals surface area (Å²) in [6.07, 6.45) is 8.66. The molecule has 4 aromatic rings. The third-order valence-corrected chi connectivity index (χ3v) is 7.35. The lowest BCUT2D eigenvalue weighted by Crippen LogP contribution is -2.16. The van der Waals surface area contributed by atoms with Gasteiger partial charge in [0, 0.05) is 21.4 Å². The summed E-state index contributed by atoms with van der Waals surface area (Å²) in [4.78, 5) is 15.1. The van der Waals surface area contributed by atoms with Gasteiger partial charge in [-0.3, -0.25) is 0 Å². The van der Waals surface area contributed by atoms with E-state index in [9.17, 15) is 0 Å². The van der Waals surface area contributed by atoms with Gasteiger partial charge in [-0.1, -0.05) is 53.4 Å². The molecular formula is C32H40N4. The molecule has 0 fully saturated rings. The number of aromatic nitrogens is 4. The SMILES string of the molecule is CCCC1=c2ccc([nH]2)=c2ccc([nH]2)=C(CCC)C(CCC)=c2ccc([nH]2)=c2ccc([nH]2)=C1CCC. The van der Waals surface area contributed by atoms with Crippen molar-refractivity contribution in [3.63, 3.8) is 0 Å². The van der Waals surface area contributed by atoms with Crippen LogP contribution in [-0.2, 0) is 0 Å². The second kappa shape index (κ2) is 10.7. The van der Waals surface area contributed by atoms with Gasteiger partial charge in [0.15, 0.2) is 0 Å². The lowest BCUT2D eigenvalue weighted by molar-refractivity contribution is 0.928. The predicted molar refractivity (Wildman–Crippen MR) is 150 cm³/mol. The van der Waals surface area contributed by atoms with E-state index in [0.717, 1.165) is 72.8 Å². The monoisotopic (exact) mass is 480 g/mol. The second-order valence-electron chi connectivity index (χ2n) is 10.1. The number of fused-ring (bicyclic) bond motifs is 8. The van der Waals surface area contributed by atoms with Gasteiger partial charge < -0.3 is 19.9 Å². The Morgan fingerprint density at radius 2 is 0.528 bits per heavy atom. The molecule has 8 bridgehead atoms. The van der Waals surface area contributed by atoms with Crippen LogP contribution in [-0.4, -0.2) is 19.9 Å². The molecule has 0 saturated heterocycles. The Bertz CT molecular complexity index is 1520. The van der Waals surface area contributed by atoms with E-state index in [1.165, 1.54) is 43.7 Å². The fourth-order valence-electron chi connectivity index (χ4n) is 5.71. The van der Waals surface area contributed by atoms with Gasteiger partial charge in [-0.25, -0.2) is 0 Å². The molecule has 0 unspecified atom stereocenters. The standard InChI is InChI=1S/C32H40N4/c1-5-9-21-22(10-6-2)26-14-18-31(34-26)32-20-16-28(36-32)24(12-8-4)23(11-7-3)27-15-19-30(35-27)29-17-13-25(21)33-29/h13-20,33-36H,5-12H2,1-4H3. The fourth-order valence-corrected chi connectivity index (χ4v) is 5.71. The van der Waals surface area contributed by atoms with Crippen LogP contribution < -0.4 is 21.4 Å². The van der Waals surface area contributed by atoms with Gasteiger partial charge in [-0.15, -0.1) is 0 Å². The van der Waals surface area contributed by atoms with Crippen molar-refractivity contribution in [1.29, 1.82) is 0 Å². The summed E-state index contributed by atoms with van der Waals surface area (Å²) in [6, 6.07) is 18.0. The molecule has 4 N–H and O–H groups in total. The largest absolute Gasteiger partial charge is 0.354 e. The first kappa shape index (κ1) is 24.3. The van der Waals surface area contributed by atoms with Gasteiger partial charge in [-0.05, 0) is 96.5 Å². The highest BCUT2D eigenvalue weighted by molar-refractivity contribution is 5.87. The van der Waals surface area contributed by atoms with E-state index in [1.54, 1.807) is 0 Å². The van der Waals surface area contributed by atoms with Crippen molar-refractivity contribution >= 4 is 22.3 Å². The van der Waals surface area contributed by atoms with Crippen molar-refractivity contribution in [2.24, 2.45) is 0 Å². The van der Waals surface area contributed by atoms with Crippen LogP contribution in [0.4, 0.5) is 0 Å². The smallest absolute Gasteiger partial charge is 0.0624 e. The Morgan fingerprint density at radius 1 is 0.333 bits per heavy atom. The van der Waals surface area contributed by atoms with Gasteiger partial charge in [-0.2, -0.15) is 0 Å². The first-order valence-corrected chi connectivity index (χ1v) is 13.9. The van der Waals surface area contributed by atoms with E-state index in [0.29, 0.717) is 0 Å². The minimum atomic E-state index is 1.05. The Balaban J connectivity index is 2.01. The highest BCUT2D eigenvalue weighted by Gasteiger charge is 2.11. The van der Waals surface area contributed by atoms with Crippen molar-refractivity contribution in [2.45, 2.75) is 79.1 Å². The third kappa shape index (κ3) is 4.57. The van der Waals surface area contributed by atoms with E-state index in [1.807, 2.05) is 0 Å². The summed E-state index contributed by atoms with van der Waals surface area (Å²) < 4.78 is 0. The normalized spacial score (nSPS) is 13.7. The van der Waals surface area contributed by atoms with Crippen molar-refractivity contribution < 1.29 is 0 Å². The average molecular weight is 481 g/mol. The highest BCUT2D eigenvalue weighted by atomic mass is 14.8. The van der Waals surface area contributed by atoms with Crippen LogP contribution in [0.1, 0.15) is 79.1 Å². The lowest BCUT2D eigenvalue weighted by atomic mass is 9.97. The highest BCUT2D eigenvalue weighted by Crippen LogP contribution is 2.22. The Hall–Kier alpha value is -3.40. The molecular weight excluding hydrogens is 440 g/mol. The van der Waals surface area contributed by atoms with Gasteiger partial charge in [0.2, 0.25) is 0 Å². The summed E-state index contributed by atoms with van der Waals surface area (Å²) in [6.45, 7) is 9.08. The van der Waals surface area contributed by atoms with Crippen LogP contribution in [0.5, 0.6) is 0 Å². The lowest BCUT2D eigenvalue weighted by Gasteiger charge is -2.10. The molecule has 0 aliphatic carbocycles. The predicted octanol–water partition coefficient (Wildman–Crippen LogP) is 5.09.